The lowest BCUT2D eigenvalue weighted by Crippen LogP contribution is -2.29. The predicted octanol–water partition coefficient (Wildman–Crippen LogP) is 4.65. The highest BCUT2D eigenvalue weighted by molar-refractivity contribution is 5.99. The van der Waals surface area contributed by atoms with Gasteiger partial charge in [0.2, 0.25) is 23.6 Å². The molecule has 0 unspecified atom stereocenters. The van der Waals surface area contributed by atoms with E-state index >= 15 is 0 Å². The van der Waals surface area contributed by atoms with Crippen molar-refractivity contribution in [2.45, 2.75) is 19.4 Å². The molecule has 2 aromatic heterocycles. The second-order valence-corrected chi connectivity index (χ2v) is 8.71. The first-order valence-electron chi connectivity index (χ1n) is 11.9. The summed E-state index contributed by atoms with van der Waals surface area (Å²) in [5.74, 6) is 1.06. The van der Waals surface area contributed by atoms with Gasteiger partial charge in [0.05, 0.1) is 5.39 Å². The van der Waals surface area contributed by atoms with Crippen molar-refractivity contribution < 1.29 is 14.3 Å². The third-order valence-corrected chi connectivity index (χ3v) is 6.03. The van der Waals surface area contributed by atoms with Crippen molar-refractivity contribution in [3.63, 3.8) is 0 Å². The molecule has 1 aliphatic rings. The second kappa shape index (κ2) is 10.4. The number of nitrogens with zero attached hydrogens (tertiary/aromatic N) is 3. The van der Waals surface area contributed by atoms with E-state index in [2.05, 4.69) is 37.5 Å². The summed E-state index contributed by atoms with van der Waals surface area (Å²) in [5.41, 5.74) is 3.00. The second-order valence-electron chi connectivity index (χ2n) is 8.71. The van der Waals surface area contributed by atoms with Gasteiger partial charge in [0.15, 0.2) is 0 Å². The molecule has 37 heavy (non-hydrogen) atoms. The van der Waals surface area contributed by atoms with Gasteiger partial charge in [-0.3, -0.25) is 9.59 Å². The molecular weight excluding hydrogens is 470 g/mol. The topological polar surface area (TPSA) is 124 Å². The van der Waals surface area contributed by atoms with E-state index in [4.69, 9.17) is 4.74 Å². The SMILES string of the molecule is C=CC(=O)Nc1cccc(Oc2nc(Nc3ccc(N[C@H]4CCN(C(C)=O)C4)cc3)nc3[nH]ccc23)c1. The number of nitrogens with one attached hydrogen (secondary N) is 4. The van der Waals surface area contributed by atoms with Gasteiger partial charge in [-0.05, 0) is 55.0 Å². The van der Waals surface area contributed by atoms with Crippen molar-refractivity contribution in [3.8, 4) is 11.6 Å². The maximum Gasteiger partial charge on any atom is 0.247 e. The van der Waals surface area contributed by atoms with Gasteiger partial charge in [0.1, 0.15) is 11.4 Å². The summed E-state index contributed by atoms with van der Waals surface area (Å²) in [6.07, 6.45) is 3.90. The van der Waals surface area contributed by atoms with Crippen LogP contribution in [-0.4, -0.2) is 50.8 Å². The molecule has 188 valence electrons. The Kier molecular flexibility index (Phi) is 6.71. The number of H-pyrrole nitrogens is 1. The van der Waals surface area contributed by atoms with E-state index in [0.717, 1.165) is 29.7 Å². The summed E-state index contributed by atoms with van der Waals surface area (Å²) < 4.78 is 6.08. The number of benzene rings is 2. The van der Waals surface area contributed by atoms with Crippen LogP contribution in [0.3, 0.4) is 0 Å². The molecule has 4 aromatic rings. The summed E-state index contributed by atoms with van der Waals surface area (Å²) in [6.45, 7) is 6.57. The number of ether oxygens (including phenoxy) is 1. The Bertz CT molecular complexity index is 1450. The maximum absolute atomic E-state index is 11.6. The lowest BCUT2D eigenvalue weighted by molar-refractivity contribution is -0.127. The minimum absolute atomic E-state index is 0.110. The first kappa shape index (κ1) is 23.9. The minimum Gasteiger partial charge on any atom is -0.438 e. The molecule has 0 saturated carbocycles. The van der Waals surface area contributed by atoms with E-state index in [1.807, 2.05) is 35.2 Å². The molecule has 1 aliphatic heterocycles. The Labute approximate surface area is 213 Å². The maximum atomic E-state index is 11.6. The third-order valence-electron chi connectivity index (χ3n) is 6.03. The Balaban J connectivity index is 1.30. The number of aromatic amines is 1. The number of carbonyl (C=O) groups is 2. The van der Waals surface area contributed by atoms with Gasteiger partial charge in [-0.1, -0.05) is 12.6 Å². The van der Waals surface area contributed by atoms with Gasteiger partial charge in [0.25, 0.3) is 0 Å². The van der Waals surface area contributed by atoms with Gasteiger partial charge >= 0.3 is 0 Å². The minimum atomic E-state index is -0.304. The van der Waals surface area contributed by atoms with Gasteiger partial charge < -0.3 is 30.6 Å². The fourth-order valence-corrected chi connectivity index (χ4v) is 4.17. The molecule has 3 heterocycles. The van der Waals surface area contributed by atoms with Gasteiger partial charge in [-0.2, -0.15) is 9.97 Å². The molecule has 10 heteroatoms. The molecule has 4 N–H and O–H groups in total. The number of hydrogen-bond donors (Lipinski definition) is 4. The average molecular weight is 498 g/mol. The van der Waals surface area contributed by atoms with Gasteiger partial charge in [0, 0.05) is 55.4 Å². The van der Waals surface area contributed by atoms with Crippen LogP contribution >= 0.6 is 0 Å². The van der Waals surface area contributed by atoms with Crippen molar-refractivity contribution in [1.82, 2.24) is 19.9 Å². The summed E-state index contributed by atoms with van der Waals surface area (Å²) in [7, 11) is 0. The van der Waals surface area contributed by atoms with Crippen LogP contribution in [0.4, 0.5) is 23.0 Å². The Morgan fingerprint density at radius 2 is 1.92 bits per heavy atom. The van der Waals surface area contributed by atoms with Crippen LogP contribution in [0.5, 0.6) is 11.6 Å². The zero-order valence-electron chi connectivity index (χ0n) is 20.3. The molecular formula is C27H27N7O3. The van der Waals surface area contributed by atoms with Gasteiger partial charge in [-0.25, -0.2) is 0 Å². The fraction of sp³-hybridized carbons (Fsp3) is 0.185. The quantitative estimate of drug-likeness (QED) is 0.261. The normalized spacial score (nSPS) is 14.8. The van der Waals surface area contributed by atoms with E-state index in [1.54, 1.807) is 37.4 Å². The number of carbonyl (C=O) groups excluding carboxylic acids is 2. The van der Waals surface area contributed by atoms with E-state index in [1.165, 1.54) is 6.08 Å². The number of fused-ring (bicyclic) bond motifs is 1. The molecule has 0 aliphatic carbocycles. The van der Waals surface area contributed by atoms with Crippen molar-refractivity contribution in [2.75, 3.05) is 29.0 Å². The molecule has 1 fully saturated rings. The van der Waals surface area contributed by atoms with Crippen LogP contribution in [0.1, 0.15) is 13.3 Å². The van der Waals surface area contributed by atoms with Crippen LogP contribution in [0.25, 0.3) is 11.0 Å². The van der Waals surface area contributed by atoms with Crippen LogP contribution in [-0.2, 0) is 9.59 Å². The lowest BCUT2D eigenvalue weighted by Gasteiger charge is -2.16. The molecule has 5 rings (SSSR count). The smallest absolute Gasteiger partial charge is 0.247 e. The first-order chi connectivity index (χ1) is 18.0. The number of aromatic nitrogens is 3. The van der Waals surface area contributed by atoms with Crippen LogP contribution < -0.4 is 20.7 Å². The van der Waals surface area contributed by atoms with Crippen molar-refractivity contribution in [2.24, 2.45) is 0 Å². The first-order valence-corrected chi connectivity index (χ1v) is 11.9. The van der Waals surface area contributed by atoms with E-state index in [0.29, 0.717) is 35.5 Å². The molecule has 1 saturated heterocycles. The van der Waals surface area contributed by atoms with Crippen molar-refractivity contribution >= 4 is 45.9 Å². The van der Waals surface area contributed by atoms with Gasteiger partial charge in [-0.15, -0.1) is 0 Å². The highest BCUT2D eigenvalue weighted by Gasteiger charge is 2.23. The van der Waals surface area contributed by atoms with E-state index in [9.17, 15) is 9.59 Å². The van der Waals surface area contributed by atoms with Crippen molar-refractivity contribution in [3.05, 3.63) is 73.4 Å². The molecule has 0 radical (unpaired) electrons. The molecule has 0 spiro atoms. The average Bonchev–Trinajstić information content (AvgIpc) is 3.55. The summed E-state index contributed by atoms with van der Waals surface area (Å²) in [5, 5.41) is 10.2. The number of hydrogen-bond acceptors (Lipinski definition) is 7. The number of rotatable bonds is 8. The third kappa shape index (κ3) is 5.69. The number of amides is 2. The fourth-order valence-electron chi connectivity index (χ4n) is 4.17. The molecule has 10 nitrogen and oxygen atoms in total. The van der Waals surface area contributed by atoms with E-state index in [-0.39, 0.29) is 17.9 Å². The summed E-state index contributed by atoms with van der Waals surface area (Å²) >= 11 is 0. The lowest BCUT2D eigenvalue weighted by atomic mass is 10.2. The molecule has 0 bridgehead atoms. The predicted molar refractivity (Wildman–Crippen MR) is 143 cm³/mol. The number of likely N-dealkylation sites (tertiary alicyclic amines) is 1. The monoisotopic (exact) mass is 497 g/mol. The Hall–Kier alpha value is -4.86. The van der Waals surface area contributed by atoms with Crippen LogP contribution in [0.2, 0.25) is 0 Å². The molecule has 1 atom stereocenters. The Morgan fingerprint density at radius 1 is 1.11 bits per heavy atom. The number of anilines is 4. The molecule has 2 aromatic carbocycles. The van der Waals surface area contributed by atoms with Crippen molar-refractivity contribution in [1.29, 1.82) is 0 Å². The highest BCUT2D eigenvalue weighted by atomic mass is 16.5. The molecule has 2 amide bonds. The van der Waals surface area contributed by atoms with E-state index < -0.39 is 0 Å². The Morgan fingerprint density at radius 3 is 2.68 bits per heavy atom. The zero-order chi connectivity index (χ0) is 25.8. The largest absolute Gasteiger partial charge is 0.438 e. The summed E-state index contributed by atoms with van der Waals surface area (Å²) in [4.78, 5) is 37.3. The standard InChI is InChI=1S/C27H27N7O3/c1-3-24(36)30-20-5-4-6-22(15-20)37-26-23-11-13-28-25(23)32-27(33-26)31-19-9-7-18(8-10-19)29-21-12-14-34(16-21)17(2)35/h3-11,13,15,21,29H,1,12,14,16H2,2H3,(H,30,36)(H2,28,31,32,33)/t21-/m0/s1. The highest BCUT2D eigenvalue weighted by Crippen LogP contribution is 2.30. The van der Waals surface area contributed by atoms with Crippen LogP contribution in [0, 0.1) is 0 Å². The summed E-state index contributed by atoms with van der Waals surface area (Å²) in [6, 6.07) is 16.9. The zero-order valence-corrected chi connectivity index (χ0v) is 20.3. The van der Waals surface area contributed by atoms with Crippen LogP contribution in [0.15, 0.2) is 73.4 Å².